The zero-order valence-corrected chi connectivity index (χ0v) is 9.19. The van der Waals surface area contributed by atoms with Crippen molar-refractivity contribution >= 4 is 0 Å². The van der Waals surface area contributed by atoms with E-state index in [1.165, 1.54) is 6.07 Å². The predicted octanol–water partition coefficient (Wildman–Crippen LogP) is 3.37. The largest absolute Gasteiger partial charge is 0.508 e. The van der Waals surface area contributed by atoms with Gasteiger partial charge in [0.25, 0.3) is 0 Å². The quantitative estimate of drug-likeness (QED) is 0.738. The summed E-state index contributed by atoms with van der Waals surface area (Å²) in [5.74, 6) is -2.42. The Hall–Kier alpha value is -2.10. The van der Waals surface area contributed by atoms with Crippen LogP contribution in [0.5, 0.6) is 11.5 Å². The molecule has 0 heterocycles. The summed E-state index contributed by atoms with van der Waals surface area (Å²) in [6.07, 6.45) is 0. The molecule has 2 nitrogen and oxygen atoms in total. The van der Waals surface area contributed by atoms with Crippen LogP contribution in [0.4, 0.5) is 8.78 Å². The maximum Gasteiger partial charge on any atom is 0.187 e. The molecule has 0 saturated carbocycles. The van der Waals surface area contributed by atoms with E-state index < -0.39 is 17.4 Å². The van der Waals surface area contributed by atoms with Crippen LogP contribution in [0.3, 0.4) is 0 Å². The van der Waals surface area contributed by atoms with Gasteiger partial charge in [-0.25, -0.2) is 8.78 Å². The molecule has 0 aliphatic carbocycles. The van der Waals surface area contributed by atoms with Crippen LogP contribution in [0, 0.1) is 18.6 Å². The molecule has 2 aromatic carbocycles. The van der Waals surface area contributed by atoms with Crippen molar-refractivity contribution in [3.8, 4) is 11.5 Å². The number of halogens is 2. The van der Waals surface area contributed by atoms with Gasteiger partial charge in [0.05, 0.1) is 0 Å². The molecule has 0 amide bonds. The summed E-state index contributed by atoms with van der Waals surface area (Å²) in [5.41, 5.74) is 0.924. The molecule has 4 heteroatoms. The Morgan fingerprint density at radius 3 is 1.71 bits per heavy atom. The van der Waals surface area contributed by atoms with Gasteiger partial charge in [-0.05, 0) is 30.7 Å². The standard InChI is InChI=1S/C7H8O.C6H4F2O/c1-6-4-2-3-5-7(6)8;7-4-2-1-3-5(8)6(4)9/h2-5,8H,1H3;1-3,9H. The van der Waals surface area contributed by atoms with Crippen LogP contribution in [0.2, 0.25) is 0 Å². The Bertz CT molecular complexity index is 457. The molecule has 0 bridgehead atoms. The topological polar surface area (TPSA) is 40.5 Å². The van der Waals surface area contributed by atoms with Gasteiger partial charge in [-0.15, -0.1) is 0 Å². The van der Waals surface area contributed by atoms with Crippen molar-refractivity contribution in [3.05, 3.63) is 59.7 Å². The molecule has 0 fully saturated rings. The molecule has 2 N–H and O–H groups in total. The summed E-state index contributed by atoms with van der Waals surface area (Å²) in [5, 5.41) is 17.4. The van der Waals surface area contributed by atoms with Crippen LogP contribution in [0.1, 0.15) is 5.56 Å². The van der Waals surface area contributed by atoms with Crippen molar-refractivity contribution < 1.29 is 19.0 Å². The molecule has 0 atom stereocenters. The lowest BCUT2D eigenvalue weighted by molar-refractivity contribution is 0.396. The number of para-hydroxylation sites is 2. The van der Waals surface area contributed by atoms with Crippen molar-refractivity contribution in [1.82, 2.24) is 0 Å². The molecule has 2 aromatic rings. The first kappa shape index (κ1) is 13.0. The second-order valence-corrected chi connectivity index (χ2v) is 3.36. The molecule has 2 rings (SSSR count). The molecule has 0 spiro atoms. The van der Waals surface area contributed by atoms with E-state index in [4.69, 9.17) is 10.2 Å². The van der Waals surface area contributed by atoms with Gasteiger partial charge >= 0.3 is 0 Å². The van der Waals surface area contributed by atoms with Crippen LogP contribution >= 0.6 is 0 Å². The molecule has 90 valence electrons. The van der Waals surface area contributed by atoms with Gasteiger partial charge in [-0.3, -0.25) is 0 Å². The highest BCUT2D eigenvalue weighted by Crippen LogP contribution is 2.17. The molecule has 0 radical (unpaired) electrons. The van der Waals surface area contributed by atoms with E-state index in [2.05, 4.69) is 0 Å². The third-order valence-corrected chi connectivity index (χ3v) is 2.05. The summed E-state index contributed by atoms with van der Waals surface area (Å²) in [4.78, 5) is 0. The monoisotopic (exact) mass is 238 g/mol. The van der Waals surface area contributed by atoms with E-state index in [0.29, 0.717) is 5.75 Å². The lowest BCUT2D eigenvalue weighted by Crippen LogP contribution is -1.78. The number of rotatable bonds is 0. The van der Waals surface area contributed by atoms with Gasteiger partial charge in [0.15, 0.2) is 17.4 Å². The highest BCUT2D eigenvalue weighted by Gasteiger charge is 2.03. The summed E-state index contributed by atoms with van der Waals surface area (Å²) in [6.45, 7) is 1.87. The second kappa shape index (κ2) is 5.84. The normalized spacial score (nSPS) is 9.35. The van der Waals surface area contributed by atoms with Crippen molar-refractivity contribution in [2.45, 2.75) is 6.92 Å². The molecular weight excluding hydrogens is 226 g/mol. The molecule has 0 saturated heterocycles. The highest BCUT2D eigenvalue weighted by molar-refractivity contribution is 5.29. The van der Waals surface area contributed by atoms with Crippen molar-refractivity contribution in [1.29, 1.82) is 0 Å². The van der Waals surface area contributed by atoms with Gasteiger partial charge in [-0.2, -0.15) is 0 Å². The van der Waals surface area contributed by atoms with Crippen LogP contribution in [-0.4, -0.2) is 10.2 Å². The first-order chi connectivity index (χ1) is 8.02. The fourth-order valence-corrected chi connectivity index (χ4v) is 1.05. The molecule has 0 aliphatic heterocycles. The van der Waals surface area contributed by atoms with Gasteiger partial charge in [0.1, 0.15) is 5.75 Å². The van der Waals surface area contributed by atoms with E-state index in [1.807, 2.05) is 25.1 Å². The summed E-state index contributed by atoms with van der Waals surface area (Å²) in [7, 11) is 0. The maximum absolute atomic E-state index is 12.1. The average Bonchev–Trinajstić information content (AvgIpc) is 2.31. The fourth-order valence-electron chi connectivity index (χ4n) is 1.05. The van der Waals surface area contributed by atoms with E-state index in [-0.39, 0.29) is 0 Å². The first-order valence-electron chi connectivity index (χ1n) is 4.90. The molecule has 17 heavy (non-hydrogen) atoms. The van der Waals surface area contributed by atoms with Gasteiger partial charge < -0.3 is 10.2 Å². The third-order valence-electron chi connectivity index (χ3n) is 2.05. The zero-order chi connectivity index (χ0) is 12.8. The minimum absolute atomic E-state index is 0.368. The Balaban J connectivity index is 0.000000171. The zero-order valence-electron chi connectivity index (χ0n) is 9.19. The van der Waals surface area contributed by atoms with E-state index in [0.717, 1.165) is 17.7 Å². The van der Waals surface area contributed by atoms with E-state index in [9.17, 15) is 8.78 Å². The number of benzene rings is 2. The minimum Gasteiger partial charge on any atom is -0.508 e. The lowest BCUT2D eigenvalue weighted by atomic mass is 10.2. The van der Waals surface area contributed by atoms with Crippen LogP contribution in [0.25, 0.3) is 0 Å². The van der Waals surface area contributed by atoms with Crippen molar-refractivity contribution in [3.63, 3.8) is 0 Å². The number of hydrogen-bond acceptors (Lipinski definition) is 2. The smallest absolute Gasteiger partial charge is 0.187 e. The van der Waals surface area contributed by atoms with E-state index in [1.54, 1.807) is 6.07 Å². The predicted molar refractivity (Wildman–Crippen MR) is 60.9 cm³/mol. The molecule has 0 aliphatic rings. The average molecular weight is 238 g/mol. The number of aromatic hydroxyl groups is 2. The van der Waals surface area contributed by atoms with Crippen LogP contribution in [0.15, 0.2) is 42.5 Å². The maximum atomic E-state index is 12.1. The van der Waals surface area contributed by atoms with Crippen LogP contribution < -0.4 is 0 Å². The molecular formula is C13H12F2O2. The molecule has 0 unspecified atom stereocenters. The van der Waals surface area contributed by atoms with Crippen molar-refractivity contribution in [2.24, 2.45) is 0 Å². The highest BCUT2D eigenvalue weighted by atomic mass is 19.1. The summed E-state index contributed by atoms with van der Waals surface area (Å²) < 4.78 is 24.2. The fraction of sp³-hybridized carbons (Fsp3) is 0.0769. The second-order valence-electron chi connectivity index (χ2n) is 3.36. The Morgan fingerprint density at radius 1 is 0.824 bits per heavy atom. The van der Waals surface area contributed by atoms with Crippen molar-refractivity contribution in [2.75, 3.05) is 0 Å². The minimum atomic E-state index is -0.935. The SMILES string of the molecule is Cc1ccccc1O.Oc1c(F)cccc1F. The van der Waals surface area contributed by atoms with Gasteiger partial charge in [0, 0.05) is 0 Å². The first-order valence-corrected chi connectivity index (χ1v) is 4.90. The van der Waals surface area contributed by atoms with Gasteiger partial charge in [0.2, 0.25) is 0 Å². The Kier molecular flexibility index (Phi) is 4.46. The summed E-state index contributed by atoms with van der Waals surface area (Å²) >= 11 is 0. The third kappa shape index (κ3) is 3.75. The number of aryl methyl sites for hydroxylation is 1. The number of phenolic OH excluding ortho intramolecular Hbond substituents is 2. The number of hydrogen-bond donors (Lipinski definition) is 2. The lowest BCUT2D eigenvalue weighted by Gasteiger charge is -1.92. The van der Waals surface area contributed by atoms with Gasteiger partial charge in [-0.1, -0.05) is 24.3 Å². The Morgan fingerprint density at radius 2 is 1.35 bits per heavy atom. The van der Waals surface area contributed by atoms with E-state index >= 15 is 0 Å². The molecule has 0 aromatic heterocycles. The number of phenols is 2. The van der Waals surface area contributed by atoms with Crippen LogP contribution in [-0.2, 0) is 0 Å². The summed E-state index contributed by atoms with van der Waals surface area (Å²) in [6, 6.07) is 10.4. The Labute approximate surface area is 97.8 Å².